The number of anilines is 1. The van der Waals surface area contributed by atoms with Crippen molar-refractivity contribution in [1.82, 2.24) is 15.6 Å². The Balaban J connectivity index is 1.74. The van der Waals surface area contributed by atoms with Crippen LogP contribution in [0.25, 0.3) is 0 Å². The highest BCUT2D eigenvalue weighted by atomic mass is 32.1. The van der Waals surface area contributed by atoms with Gasteiger partial charge in [-0.3, -0.25) is 9.79 Å². The Morgan fingerprint density at radius 3 is 2.77 bits per heavy atom. The first-order valence-electron chi connectivity index (χ1n) is 8.36. The summed E-state index contributed by atoms with van der Waals surface area (Å²) in [6.07, 6.45) is 0. The Labute approximate surface area is 157 Å². The second kappa shape index (κ2) is 9.76. The van der Waals surface area contributed by atoms with Crippen LogP contribution in [0.5, 0.6) is 5.75 Å². The Morgan fingerprint density at radius 1 is 1.31 bits per heavy atom. The number of thiazole rings is 1. The molecule has 0 bridgehead atoms. The first-order chi connectivity index (χ1) is 12.5. The van der Waals surface area contributed by atoms with E-state index in [1.165, 1.54) is 11.8 Å². The van der Waals surface area contributed by atoms with Crippen molar-refractivity contribution in [3.63, 3.8) is 0 Å². The van der Waals surface area contributed by atoms with Gasteiger partial charge >= 0.3 is 0 Å². The van der Waals surface area contributed by atoms with Gasteiger partial charge in [0.15, 0.2) is 5.96 Å². The molecule has 0 radical (unpaired) electrons. The SMILES string of the molecule is CN=C(NCCOc1cccc(NC(C)=O)c1)NCc1sc(C)nc1C. The van der Waals surface area contributed by atoms with Gasteiger partial charge in [0.2, 0.25) is 5.91 Å². The first-order valence-corrected chi connectivity index (χ1v) is 9.17. The van der Waals surface area contributed by atoms with Gasteiger partial charge in [0.25, 0.3) is 0 Å². The molecule has 0 aliphatic rings. The van der Waals surface area contributed by atoms with E-state index in [-0.39, 0.29) is 5.91 Å². The van der Waals surface area contributed by atoms with Crippen LogP contribution in [0.15, 0.2) is 29.3 Å². The zero-order chi connectivity index (χ0) is 18.9. The molecule has 0 spiro atoms. The highest BCUT2D eigenvalue weighted by Crippen LogP contribution is 2.17. The molecule has 1 aromatic heterocycles. The highest BCUT2D eigenvalue weighted by molar-refractivity contribution is 7.11. The highest BCUT2D eigenvalue weighted by Gasteiger charge is 2.06. The number of rotatable bonds is 7. The molecule has 0 atom stereocenters. The topological polar surface area (TPSA) is 87.6 Å². The molecule has 0 aliphatic carbocycles. The molecule has 1 aromatic carbocycles. The molecule has 1 heterocycles. The molecule has 0 unspecified atom stereocenters. The van der Waals surface area contributed by atoms with Crippen molar-refractivity contribution < 1.29 is 9.53 Å². The van der Waals surface area contributed by atoms with Gasteiger partial charge in [-0.25, -0.2) is 4.98 Å². The van der Waals surface area contributed by atoms with Crippen LogP contribution in [-0.4, -0.2) is 37.1 Å². The number of hydrogen-bond acceptors (Lipinski definition) is 5. The van der Waals surface area contributed by atoms with Crippen molar-refractivity contribution in [3.05, 3.63) is 39.8 Å². The Morgan fingerprint density at radius 2 is 2.12 bits per heavy atom. The van der Waals surface area contributed by atoms with E-state index in [0.717, 1.165) is 16.4 Å². The van der Waals surface area contributed by atoms with Gasteiger partial charge in [-0.15, -0.1) is 11.3 Å². The summed E-state index contributed by atoms with van der Waals surface area (Å²) in [4.78, 5) is 20.9. The van der Waals surface area contributed by atoms with Crippen LogP contribution in [0.4, 0.5) is 5.69 Å². The Kier molecular flexibility index (Phi) is 7.40. The predicted octanol–water partition coefficient (Wildman–Crippen LogP) is 2.46. The van der Waals surface area contributed by atoms with E-state index in [0.29, 0.717) is 31.4 Å². The molecule has 140 valence electrons. The maximum absolute atomic E-state index is 11.1. The average Bonchev–Trinajstić information content (AvgIpc) is 2.91. The fourth-order valence-corrected chi connectivity index (χ4v) is 3.20. The third-order valence-electron chi connectivity index (χ3n) is 3.46. The number of nitrogens with one attached hydrogen (secondary N) is 3. The van der Waals surface area contributed by atoms with Crippen molar-refractivity contribution in [2.45, 2.75) is 27.3 Å². The summed E-state index contributed by atoms with van der Waals surface area (Å²) in [6, 6.07) is 7.31. The molecular weight excluding hydrogens is 350 g/mol. The summed E-state index contributed by atoms with van der Waals surface area (Å²) in [5, 5.41) is 10.3. The smallest absolute Gasteiger partial charge is 0.221 e. The fraction of sp³-hybridized carbons (Fsp3) is 0.389. The molecule has 2 aromatic rings. The lowest BCUT2D eigenvalue weighted by Crippen LogP contribution is -2.38. The van der Waals surface area contributed by atoms with Crippen LogP contribution < -0.4 is 20.7 Å². The number of benzene rings is 1. The number of carbonyl (C=O) groups is 1. The zero-order valence-electron chi connectivity index (χ0n) is 15.5. The fourth-order valence-electron chi connectivity index (χ4n) is 2.33. The standard InChI is InChI=1S/C18H25N5O2S/c1-12-17(26-14(3)22-12)11-21-18(19-4)20-8-9-25-16-7-5-6-15(10-16)23-13(2)24/h5-7,10H,8-9,11H2,1-4H3,(H,23,24)(H2,19,20,21). The third-order valence-corrected chi connectivity index (χ3v) is 4.53. The second-order valence-corrected chi connectivity index (χ2v) is 6.94. The molecule has 26 heavy (non-hydrogen) atoms. The van der Waals surface area contributed by atoms with Crippen molar-refractivity contribution in [3.8, 4) is 5.75 Å². The number of nitrogens with zero attached hydrogens (tertiary/aromatic N) is 2. The summed E-state index contributed by atoms with van der Waals surface area (Å²) in [5.74, 6) is 1.31. The summed E-state index contributed by atoms with van der Waals surface area (Å²) >= 11 is 1.69. The number of guanidine groups is 1. The van der Waals surface area contributed by atoms with E-state index in [2.05, 4.69) is 25.9 Å². The molecule has 0 aliphatic heterocycles. The van der Waals surface area contributed by atoms with Crippen LogP contribution in [0.3, 0.4) is 0 Å². The van der Waals surface area contributed by atoms with Gasteiger partial charge in [-0.1, -0.05) is 6.07 Å². The van der Waals surface area contributed by atoms with E-state index in [1.54, 1.807) is 24.5 Å². The number of amides is 1. The van der Waals surface area contributed by atoms with Crippen molar-refractivity contribution in [1.29, 1.82) is 0 Å². The monoisotopic (exact) mass is 375 g/mol. The Bertz CT molecular complexity index is 773. The molecule has 8 heteroatoms. The second-order valence-electron chi connectivity index (χ2n) is 5.65. The van der Waals surface area contributed by atoms with Crippen LogP contribution in [-0.2, 0) is 11.3 Å². The number of hydrogen-bond donors (Lipinski definition) is 3. The van der Waals surface area contributed by atoms with E-state index in [9.17, 15) is 4.79 Å². The minimum Gasteiger partial charge on any atom is -0.492 e. The van der Waals surface area contributed by atoms with E-state index in [4.69, 9.17) is 4.74 Å². The number of aliphatic imine (C=N–C) groups is 1. The van der Waals surface area contributed by atoms with E-state index < -0.39 is 0 Å². The molecule has 0 saturated heterocycles. The maximum atomic E-state index is 11.1. The number of aryl methyl sites for hydroxylation is 2. The summed E-state index contributed by atoms with van der Waals surface area (Å²) < 4.78 is 5.70. The van der Waals surface area contributed by atoms with Gasteiger partial charge in [-0.05, 0) is 26.0 Å². The predicted molar refractivity (Wildman–Crippen MR) is 106 cm³/mol. The minimum atomic E-state index is -0.106. The summed E-state index contributed by atoms with van der Waals surface area (Å²) in [5.41, 5.74) is 1.77. The van der Waals surface area contributed by atoms with Crippen LogP contribution >= 0.6 is 11.3 Å². The number of aromatic nitrogens is 1. The first kappa shape index (κ1) is 19.7. The average molecular weight is 375 g/mol. The van der Waals surface area contributed by atoms with Crippen molar-refractivity contribution >= 4 is 28.9 Å². The van der Waals surface area contributed by atoms with E-state index >= 15 is 0 Å². The van der Waals surface area contributed by atoms with Gasteiger partial charge in [0, 0.05) is 30.6 Å². The lowest BCUT2D eigenvalue weighted by molar-refractivity contribution is -0.114. The Hall–Kier alpha value is -2.61. The largest absolute Gasteiger partial charge is 0.492 e. The zero-order valence-corrected chi connectivity index (χ0v) is 16.4. The quantitative estimate of drug-likeness (QED) is 0.393. The molecule has 3 N–H and O–H groups in total. The maximum Gasteiger partial charge on any atom is 0.221 e. The van der Waals surface area contributed by atoms with Crippen molar-refractivity contribution in [2.24, 2.45) is 4.99 Å². The van der Waals surface area contributed by atoms with Gasteiger partial charge < -0.3 is 20.7 Å². The van der Waals surface area contributed by atoms with Crippen LogP contribution in [0, 0.1) is 13.8 Å². The molecular formula is C18H25N5O2S. The lowest BCUT2D eigenvalue weighted by Gasteiger charge is -2.12. The lowest BCUT2D eigenvalue weighted by atomic mass is 10.3. The number of ether oxygens (including phenoxy) is 1. The van der Waals surface area contributed by atoms with Gasteiger partial charge in [0.1, 0.15) is 12.4 Å². The van der Waals surface area contributed by atoms with Gasteiger partial charge in [-0.2, -0.15) is 0 Å². The van der Waals surface area contributed by atoms with Gasteiger partial charge in [0.05, 0.1) is 23.8 Å². The van der Waals surface area contributed by atoms with Crippen LogP contribution in [0.1, 0.15) is 22.5 Å². The normalized spacial score (nSPS) is 11.2. The molecule has 2 rings (SSSR count). The molecule has 0 saturated carbocycles. The molecule has 7 nitrogen and oxygen atoms in total. The third kappa shape index (κ3) is 6.36. The van der Waals surface area contributed by atoms with Crippen molar-refractivity contribution in [2.75, 3.05) is 25.5 Å². The minimum absolute atomic E-state index is 0.106. The molecule has 1 amide bonds. The number of carbonyl (C=O) groups excluding carboxylic acids is 1. The van der Waals surface area contributed by atoms with Crippen LogP contribution in [0.2, 0.25) is 0 Å². The van der Waals surface area contributed by atoms with E-state index in [1.807, 2.05) is 32.0 Å². The summed E-state index contributed by atoms with van der Waals surface area (Å²) in [6.45, 7) is 7.27. The molecule has 0 fully saturated rings. The summed E-state index contributed by atoms with van der Waals surface area (Å²) in [7, 11) is 1.73.